The van der Waals surface area contributed by atoms with Gasteiger partial charge < -0.3 is 14.9 Å². The highest BCUT2D eigenvalue weighted by Crippen LogP contribution is 2.63. The second-order valence-electron chi connectivity index (χ2n) is 8.71. The Hall–Kier alpha value is -1.13. The third kappa shape index (κ3) is 2.01. The van der Waals surface area contributed by atoms with E-state index in [4.69, 9.17) is 4.74 Å². The summed E-state index contributed by atoms with van der Waals surface area (Å²) in [4.78, 5) is 11.6. The van der Waals surface area contributed by atoms with Crippen LogP contribution >= 0.6 is 0 Å². The van der Waals surface area contributed by atoms with Gasteiger partial charge >= 0.3 is 5.97 Å². The first-order valence-corrected chi connectivity index (χ1v) is 8.72. The molecule has 0 radical (unpaired) electrons. The maximum Gasteiger partial charge on any atom is 0.331 e. The molecule has 6 atom stereocenters. The molecule has 6 unspecified atom stereocenters. The van der Waals surface area contributed by atoms with E-state index in [2.05, 4.69) is 26.8 Å². The SMILES string of the molecule is CC1(C)C(O)C(O)CC2(C)C3CC4OC(=O)C=C4C=C3CCC12. The summed E-state index contributed by atoms with van der Waals surface area (Å²) >= 11 is 0. The molecular weight excluding hydrogens is 292 g/mol. The Morgan fingerprint density at radius 3 is 2.70 bits per heavy atom. The maximum atomic E-state index is 11.6. The first-order valence-electron chi connectivity index (χ1n) is 8.72. The molecule has 0 aromatic rings. The quantitative estimate of drug-likeness (QED) is 0.673. The first-order chi connectivity index (χ1) is 10.7. The monoisotopic (exact) mass is 318 g/mol. The van der Waals surface area contributed by atoms with Crippen molar-refractivity contribution in [3.8, 4) is 0 Å². The topological polar surface area (TPSA) is 66.8 Å². The molecule has 4 aliphatic rings. The van der Waals surface area contributed by atoms with E-state index >= 15 is 0 Å². The van der Waals surface area contributed by atoms with E-state index in [0.29, 0.717) is 18.3 Å². The zero-order valence-electron chi connectivity index (χ0n) is 14.1. The lowest BCUT2D eigenvalue weighted by Crippen LogP contribution is -2.60. The van der Waals surface area contributed by atoms with Crippen LogP contribution in [-0.4, -0.2) is 34.5 Å². The summed E-state index contributed by atoms with van der Waals surface area (Å²) in [5.41, 5.74) is 2.04. The Balaban J connectivity index is 1.74. The molecule has 2 saturated carbocycles. The number of carbonyl (C=O) groups is 1. The highest BCUT2D eigenvalue weighted by molar-refractivity contribution is 5.87. The van der Waals surface area contributed by atoms with E-state index < -0.39 is 12.2 Å². The van der Waals surface area contributed by atoms with Gasteiger partial charge in [0.15, 0.2) is 0 Å². The highest BCUT2D eigenvalue weighted by atomic mass is 16.5. The van der Waals surface area contributed by atoms with Gasteiger partial charge in [-0.3, -0.25) is 0 Å². The van der Waals surface area contributed by atoms with Gasteiger partial charge in [0.25, 0.3) is 0 Å². The van der Waals surface area contributed by atoms with Crippen LogP contribution in [0.2, 0.25) is 0 Å². The molecule has 0 spiro atoms. The van der Waals surface area contributed by atoms with E-state index in [0.717, 1.165) is 24.8 Å². The molecule has 2 fully saturated rings. The number of aliphatic hydroxyl groups is 2. The van der Waals surface area contributed by atoms with Crippen molar-refractivity contribution in [3.63, 3.8) is 0 Å². The molecule has 4 rings (SSSR count). The van der Waals surface area contributed by atoms with Crippen molar-refractivity contribution >= 4 is 5.97 Å². The summed E-state index contributed by atoms with van der Waals surface area (Å²) in [6.45, 7) is 6.43. The Kier molecular flexibility index (Phi) is 3.15. The van der Waals surface area contributed by atoms with Crippen LogP contribution in [-0.2, 0) is 9.53 Å². The van der Waals surface area contributed by atoms with Crippen molar-refractivity contribution in [3.05, 3.63) is 23.3 Å². The third-order valence-electron chi connectivity index (χ3n) is 7.15. The van der Waals surface area contributed by atoms with E-state index in [1.165, 1.54) is 5.57 Å². The summed E-state index contributed by atoms with van der Waals surface area (Å²) in [7, 11) is 0. The number of aliphatic hydroxyl groups excluding tert-OH is 2. The van der Waals surface area contributed by atoms with E-state index in [9.17, 15) is 15.0 Å². The van der Waals surface area contributed by atoms with Gasteiger partial charge in [-0.05, 0) is 53.9 Å². The molecule has 4 heteroatoms. The normalized spacial score (nSPS) is 47.7. The zero-order valence-corrected chi connectivity index (χ0v) is 14.1. The fourth-order valence-corrected chi connectivity index (χ4v) is 6.06. The smallest absolute Gasteiger partial charge is 0.331 e. The minimum Gasteiger partial charge on any atom is -0.454 e. The molecule has 0 saturated heterocycles. The number of rotatable bonds is 0. The predicted molar refractivity (Wildman–Crippen MR) is 85.4 cm³/mol. The molecule has 4 nitrogen and oxygen atoms in total. The molecule has 1 aliphatic heterocycles. The number of ether oxygens (including phenoxy) is 1. The van der Waals surface area contributed by atoms with Crippen molar-refractivity contribution in [2.24, 2.45) is 22.7 Å². The molecule has 0 amide bonds. The van der Waals surface area contributed by atoms with Crippen molar-refractivity contribution in [1.82, 2.24) is 0 Å². The third-order valence-corrected chi connectivity index (χ3v) is 7.15. The van der Waals surface area contributed by atoms with Gasteiger partial charge in [0.05, 0.1) is 12.2 Å². The van der Waals surface area contributed by atoms with Gasteiger partial charge in [-0.1, -0.05) is 32.4 Å². The van der Waals surface area contributed by atoms with Crippen LogP contribution in [0.1, 0.15) is 46.5 Å². The van der Waals surface area contributed by atoms with Gasteiger partial charge in [0.2, 0.25) is 0 Å². The summed E-state index contributed by atoms with van der Waals surface area (Å²) in [5, 5.41) is 21.0. The van der Waals surface area contributed by atoms with Crippen molar-refractivity contribution in [2.75, 3.05) is 0 Å². The molecule has 0 bridgehead atoms. The summed E-state index contributed by atoms with van der Waals surface area (Å²) in [5.74, 6) is 0.440. The molecule has 0 aromatic heterocycles. The fourth-order valence-electron chi connectivity index (χ4n) is 6.06. The van der Waals surface area contributed by atoms with Crippen LogP contribution < -0.4 is 0 Å². The Morgan fingerprint density at radius 2 is 1.96 bits per heavy atom. The minimum absolute atomic E-state index is 0.0627. The number of carbonyl (C=O) groups excluding carboxylic acids is 1. The Morgan fingerprint density at radius 1 is 1.22 bits per heavy atom. The van der Waals surface area contributed by atoms with Crippen LogP contribution in [0.3, 0.4) is 0 Å². The van der Waals surface area contributed by atoms with Crippen LogP contribution in [0.4, 0.5) is 0 Å². The van der Waals surface area contributed by atoms with E-state index in [1.54, 1.807) is 6.08 Å². The van der Waals surface area contributed by atoms with Crippen molar-refractivity contribution in [2.45, 2.75) is 64.8 Å². The van der Waals surface area contributed by atoms with Gasteiger partial charge in [0.1, 0.15) is 6.10 Å². The molecule has 3 aliphatic carbocycles. The van der Waals surface area contributed by atoms with Gasteiger partial charge in [0, 0.05) is 6.08 Å². The average Bonchev–Trinajstić information content (AvgIpc) is 2.82. The lowest BCUT2D eigenvalue weighted by atomic mass is 9.45. The second kappa shape index (κ2) is 4.70. The lowest BCUT2D eigenvalue weighted by molar-refractivity contribution is -0.183. The molecule has 0 aromatic carbocycles. The predicted octanol–water partition coefficient (Wildman–Crippen LogP) is 2.35. The Labute approximate surface area is 137 Å². The molecule has 126 valence electrons. The average molecular weight is 318 g/mol. The highest BCUT2D eigenvalue weighted by Gasteiger charge is 2.60. The number of esters is 1. The van der Waals surface area contributed by atoms with Crippen molar-refractivity contribution in [1.29, 1.82) is 0 Å². The Bertz CT molecular complexity index is 617. The van der Waals surface area contributed by atoms with E-state index in [-0.39, 0.29) is 22.9 Å². The fraction of sp³-hybridized carbons (Fsp3) is 0.737. The molecule has 2 N–H and O–H groups in total. The van der Waals surface area contributed by atoms with Crippen LogP contribution in [0.25, 0.3) is 0 Å². The maximum absolute atomic E-state index is 11.6. The van der Waals surface area contributed by atoms with Gasteiger partial charge in [-0.15, -0.1) is 0 Å². The first kappa shape index (κ1) is 15.4. The second-order valence-corrected chi connectivity index (χ2v) is 8.71. The largest absolute Gasteiger partial charge is 0.454 e. The standard InChI is InChI=1S/C19H26O4/c1-18(2)15-5-4-10-6-11-7-16(21)23-14(11)8-12(10)19(15,3)9-13(20)17(18)22/h6-7,12-15,17,20,22H,4-5,8-9H2,1-3H3. The van der Waals surface area contributed by atoms with Gasteiger partial charge in [-0.2, -0.15) is 0 Å². The summed E-state index contributed by atoms with van der Waals surface area (Å²) < 4.78 is 5.45. The van der Waals surface area contributed by atoms with Crippen LogP contribution in [0.15, 0.2) is 23.3 Å². The number of hydrogen-bond donors (Lipinski definition) is 2. The van der Waals surface area contributed by atoms with Crippen LogP contribution in [0, 0.1) is 22.7 Å². The van der Waals surface area contributed by atoms with E-state index in [1.807, 2.05) is 0 Å². The molecular formula is C19H26O4. The summed E-state index contributed by atoms with van der Waals surface area (Å²) in [6, 6.07) is 0. The lowest BCUT2D eigenvalue weighted by Gasteiger charge is -2.61. The minimum atomic E-state index is -0.686. The zero-order chi connectivity index (χ0) is 16.6. The molecule has 1 heterocycles. The number of allylic oxidation sites excluding steroid dienone is 1. The van der Waals surface area contributed by atoms with Crippen molar-refractivity contribution < 1.29 is 19.7 Å². The summed E-state index contributed by atoms with van der Waals surface area (Å²) in [6.07, 6.45) is 5.76. The number of hydrogen-bond acceptors (Lipinski definition) is 4. The molecule has 23 heavy (non-hydrogen) atoms. The van der Waals surface area contributed by atoms with Crippen LogP contribution in [0.5, 0.6) is 0 Å². The van der Waals surface area contributed by atoms with Gasteiger partial charge in [-0.25, -0.2) is 4.79 Å². The number of fused-ring (bicyclic) bond motifs is 4.